The summed E-state index contributed by atoms with van der Waals surface area (Å²) in [5, 5.41) is 27.4. The number of carbonyl (C=O) groups is 1. The molecular weight excluding hydrogens is 392 g/mol. The maximum absolute atomic E-state index is 11.7. The summed E-state index contributed by atoms with van der Waals surface area (Å²) in [6, 6.07) is 11.4. The topological polar surface area (TPSA) is 90.8 Å². The number of aliphatic hydroxyl groups excluding tert-OH is 1. The van der Waals surface area contributed by atoms with Gasteiger partial charge < -0.3 is 25.6 Å². The Kier molecular flexibility index (Phi) is 7.57. The average molecular weight is 427 g/mol. The lowest BCUT2D eigenvalue weighted by Crippen LogP contribution is -2.43. The second kappa shape index (κ2) is 10.2. The number of fused-ring (bicyclic) bond motifs is 1. The molecule has 1 atom stereocenters. The number of nitrogens with one attached hydrogen (secondary N) is 2. The molecule has 0 amide bonds. The van der Waals surface area contributed by atoms with Crippen LogP contribution in [0.15, 0.2) is 36.4 Å². The van der Waals surface area contributed by atoms with Gasteiger partial charge >= 0.3 is 0 Å². The second-order valence-electron chi connectivity index (χ2n) is 8.90. The van der Waals surface area contributed by atoms with Crippen molar-refractivity contribution in [2.24, 2.45) is 0 Å². The van der Waals surface area contributed by atoms with Crippen LogP contribution in [-0.4, -0.2) is 41.2 Å². The third-order valence-electron chi connectivity index (χ3n) is 5.63. The van der Waals surface area contributed by atoms with Crippen LogP contribution < -0.4 is 15.4 Å². The molecule has 4 N–H and O–H groups in total. The van der Waals surface area contributed by atoms with Crippen molar-refractivity contribution < 1.29 is 19.7 Å². The predicted molar refractivity (Wildman–Crippen MR) is 123 cm³/mol. The van der Waals surface area contributed by atoms with E-state index >= 15 is 0 Å². The number of phenols is 1. The highest BCUT2D eigenvalue weighted by molar-refractivity contribution is 5.91. The third-order valence-corrected chi connectivity index (χ3v) is 5.63. The summed E-state index contributed by atoms with van der Waals surface area (Å²) in [6.07, 6.45) is 2.40. The number of β-amino-alcohol motifs (C(OH)–C–C–N with tert-alkyl or cyclic N) is 1. The zero-order valence-corrected chi connectivity index (χ0v) is 18.7. The number of ether oxygens (including phenoxy) is 1. The minimum Gasteiger partial charge on any atom is -0.508 e. The fourth-order valence-electron chi connectivity index (χ4n) is 3.86. The molecule has 2 aromatic carbocycles. The van der Waals surface area contributed by atoms with Crippen LogP contribution in [0.5, 0.6) is 11.5 Å². The van der Waals surface area contributed by atoms with E-state index in [0.29, 0.717) is 23.4 Å². The Morgan fingerprint density at radius 1 is 1.19 bits per heavy atom. The number of phenolic OH excluding ortho intramolecular Hbond substituents is 1. The first-order chi connectivity index (χ1) is 14.8. The summed E-state index contributed by atoms with van der Waals surface area (Å²) in [5.74, 6) is 0.999. The van der Waals surface area contributed by atoms with Gasteiger partial charge in [0.15, 0.2) is 5.78 Å². The van der Waals surface area contributed by atoms with Gasteiger partial charge in [0.05, 0.1) is 19.3 Å². The van der Waals surface area contributed by atoms with E-state index in [1.807, 2.05) is 12.1 Å². The predicted octanol–water partition coefficient (Wildman–Crippen LogP) is 3.75. The normalized spacial score (nSPS) is 14.6. The van der Waals surface area contributed by atoms with E-state index in [1.165, 1.54) is 5.56 Å². The molecule has 0 saturated carbocycles. The van der Waals surface area contributed by atoms with Crippen molar-refractivity contribution in [2.75, 3.05) is 25.0 Å². The molecule has 31 heavy (non-hydrogen) atoms. The van der Waals surface area contributed by atoms with Crippen LogP contribution in [0.1, 0.15) is 56.4 Å². The number of hydrogen-bond donors (Lipinski definition) is 4. The van der Waals surface area contributed by atoms with Crippen LogP contribution in [-0.2, 0) is 17.6 Å². The smallest absolute Gasteiger partial charge is 0.156 e. The van der Waals surface area contributed by atoms with Crippen LogP contribution in [0.4, 0.5) is 5.69 Å². The highest BCUT2D eigenvalue weighted by Crippen LogP contribution is 2.35. The van der Waals surface area contributed by atoms with Crippen molar-refractivity contribution >= 4 is 11.5 Å². The van der Waals surface area contributed by atoms with Gasteiger partial charge in [0.1, 0.15) is 11.5 Å². The van der Waals surface area contributed by atoms with Crippen molar-refractivity contribution in [2.45, 2.75) is 58.1 Å². The van der Waals surface area contributed by atoms with Crippen molar-refractivity contribution in [3.05, 3.63) is 53.1 Å². The molecule has 1 heterocycles. The molecule has 1 unspecified atom stereocenters. The Labute approximate surface area is 184 Å². The third kappa shape index (κ3) is 6.21. The number of rotatable bonds is 10. The molecule has 6 heteroatoms. The molecule has 0 radical (unpaired) electrons. The summed E-state index contributed by atoms with van der Waals surface area (Å²) >= 11 is 0. The summed E-state index contributed by atoms with van der Waals surface area (Å²) in [7, 11) is 0. The van der Waals surface area contributed by atoms with Crippen molar-refractivity contribution in [1.82, 2.24) is 5.32 Å². The number of aliphatic hydroxyl groups is 1. The highest BCUT2D eigenvalue weighted by Gasteiger charge is 2.26. The number of aromatic hydroxyl groups is 1. The van der Waals surface area contributed by atoms with Gasteiger partial charge in [-0.15, -0.1) is 0 Å². The van der Waals surface area contributed by atoms with Gasteiger partial charge in [-0.1, -0.05) is 31.5 Å². The molecule has 1 aliphatic rings. The summed E-state index contributed by atoms with van der Waals surface area (Å²) in [4.78, 5) is 11.7. The largest absolute Gasteiger partial charge is 0.508 e. The van der Waals surface area contributed by atoms with E-state index in [4.69, 9.17) is 4.74 Å². The molecule has 0 bridgehead atoms. The Morgan fingerprint density at radius 3 is 2.65 bits per heavy atom. The van der Waals surface area contributed by atoms with Crippen LogP contribution in [0.3, 0.4) is 0 Å². The SMILES string of the molecule is CCCCOc1ccc(CC(C)(C)NCC(O)c2ccc(O)c3c2NCC(=O)C3)cc1. The first-order valence-corrected chi connectivity index (χ1v) is 11.0. The molecule has 0 fully saturated rings. The molecule has 6 nitrogen and oxygen atoms in total. The van der Waals surface area contributed by atoms with E-state index in [0.717, 1.165) is 31.6 Å². The molecule has 168 valence electrons. The number of carbonyl (C=O) groups excluding carboxylic acids is 1. The van der Waals surface area contributed by atoms with Gasteiger partial charge in [-0.25, -0.2) is 0 Å². The van der Waals surface area contributed by atoms with Gasteiger partial charge in [-0.3, -0.25) is 4.79 Å². The van der Waals surface area contributed by atoms with Gasteiger partial charge in [0.25, 0.3) is 0 Å². The van der Waals surface area contributed by atoms with Crippen LogP contribution in [0, 0.1) is 0 Å². The number of benzene rings is 2. The van der Waals surface area contributed by atoms with E-state index in [-0.39, 0.29) is 30.0 Å². The molecule has 0 saturated heterocycles. The molecule has 3 rings (SSSR count). The minimum absolute atomic E-state index is 0.0236. The van der Waals surface area contributed by atoms with E-state index < -0.39 is 6.10 Å². The molecular formula is C25H34N2O4. The van der Waals surface area contributed by atoms with Gasteiger partial charge in [0.2, 0.25) is 0 Å². The Bertz CT molecular complexity index is 893. The number of Topliss-reactive ketones (excluding diaryl/α,β-unsaturated/α-hetero) is 1. The Hall–Kier alpha value is -2.57. The highest BCUT2D eigenvalue weighted by atomic mass is 16.5. The number of ketones is 1. The summed E-state index contributed by atoms with van der Waals surface area (Å²) in [5.41, 5.74) is 2.89. The number of anilines is 1. The average Bonchev–Trinajstić information content (AvgIpc) is 2.74. The maximum Gasteiger partial charge on any atom is 0.156 e. The Morgan fingerprint density at radius 2 is 1.94 bits per heavy atom. The fraction of sp³-hybridized carbons (Fsp3) is 0.480. The summed E-state index contributed by atoms with van der Waals surface area (Å²) < 4.78 is 5.73. The van der Waals surface area contributed by atoms with Crippen LogP contribution in [0.25, 0.3) is 0 Å². The maximum atomic E-state index is 11.7. The second-order valence-corrected chi connectivity index (χ2v) is 8.90. The lowest BCUT2D eigenvalue weighted by atomic mass is 9.93. The molecule has 0 aromatic heterocycles. The first-order valence-electron chi connectivity index (χ1n) is 11.0. The summed E-state index contributed by atoms with van der Waals surface area (Å²) in [6.45, 7) is 7.67. The fourth-order valence-corrected chi connectivity index (χ4v) is 3.86. The van der Waals surface area contributed by atoms with Crippen molar-refractivity contribution in [3.63, 3.8) is 0 Å². The van der Waals surface area contributed by atoms with E-state index in [9.17, 15) is 15.0 Å². The van der Waals surface area contributed by atoms with Crippen LogP contribution in [0.2, 0.25) is 0 Å². The standard InChI is InChI=1S/C25H34N2O4/c1-4-5-12-31-19-8-6-17(7-9-19)14-25(2,3)27-16-23(30)20-10-11-22(29)21-13-18(28)15-26-24(20)21/h6-11,23,26-27,29-30H,4-5,12-16H2,1-3H3. The lowest BCUT2D eigenvalue weighted by molar-refractivity contribution is -0.117. The van der Waals surface area contributed by atoms with Gasteiger partial charge in [0, 0.05) is 35.3 Å². The Balaban J connectivity index is 1.59. The van der Waals surface area contributed by atoms with Crippen molar-refractivity contribution in [1.29, 1.82) is 0 Å². The first kappa shape index (κ1) is 23.1. The molecule has 0 aliphatic carbocycles. The molecule has 0 spiro atoms. The monoisotopic (exact) mass is 426 g/mol. The van der Waals surface area contributed by atoms with Crippen molar-refractivity contribution in [3.8, 4) is 11.5 Å². The zero-order valence-electron chi connectivity index (χ0n) is 18.7. The molecule has 2 aromatic rings. The van der Waals surface area contributed by atoms with Crippen LogP contribution >= 0.6 is 0 Å². The minimum atomic E-state index is -0.760. The number of unbranched alkanes of at least 4 members (excludes halogenated alkanes) is 1. The quantitative estimate of drug-likeness (QED) is 0.433. The van der Waals surface area contributed by atoms with Gasteiger partial charge in [-0.05, 0) is 50.5 Å². The number of hydrogen-bond acceptors (Lipinski definition) is 6. The zero-order chi connectivity index (χ0) is 22.4. The van der Waals surface area contributed by atoms with Gasteiger partial charge in [-0.2, -0.15) is 0 Å². The van der Waals surface area contributed by atoms with E-state index in [2.05, 4.69) is 43.5 Å². The van der Waals surface area contributed by atoms with E-state index in [1.54, 1.807) is 12.1 Å². The lowest BCUT2D eigenvalue weighted by Gasteiger charge is -2.29. The molecule has 1 aliphatic heterocycles.